The molecule has 0 aliphatic heterocycles. The number of rotatable bonds is 4. The largest absolute Gasteiger partial charge is 0.480 e. The van der Waals surface area contributed by atoms with Crippen LogP contribution in [0.15, 0.2) is 22.7 Å². The summed E-state index contributed by atoms with van der Waals surface area (Å²) in [6.07, 6.45) is 2.77. The maximum absolute atomic E-state index is 10.6. The number of hydrogen-bond donors (Lipinski definition) is 1. The van der Waals surface area contributed by atoms with Crippen LogP contribution in [0.1, 0.15) is 0 Å². The number of hydrogen-bond acceptors (Lipinski definition) is 7. The summed E-state index contributed by atoms with van der Waals surface area (Å²) in [4.78, 5) is 18.2. The van der Waals surface area contributed by atoms with Crippen molar-refractivity contribution >= 4 is 29.3 Å². The Morgan fingerprint density at radius 2 is 2.41 bits per heavy atom. The molecule has 10 heteroatoms. The highest BCUT2D eigenvalue weighted by atomic mass is 35.5. The molecule has 0 unspecified atom stereocenters. The molecule has 0 radical (unpaired) electrons. The number of carbonyl (C=O) groups is 1. The van der Waals surface area contributed by atoms with E-state index in [0.717, 1.165) is 16.4 Å². The second-order valence-corrected chi connectivity index (χ2v) is 4.15. The molecule has 8 nitrogen and oxygen atoms in total. The summed E-state index contributed by atoms with van der Waals surface area (Å²) >= 11 is 6.93. The number of halogens is 1. The lowest BCUT2D eigenvalue weighted by molar-refractivity contribution is -0.138. The van der Waals surface area contributed by atoms with E-state index in [2.05, 4.69) is 25.5 Å². The van der Waals surface area contributed by atoms with E-state index >= 15 is 0 Å². The molecule has 0 atom stereocenters. The Bertz CT molecular complexity index is 547. The van der Waals surface area contributed by atoms with Crippen LogP contribution in [-0.2, 0) is 11.3 Å². The van der Waals surface area contributed by atoms with E-state index in [-0.39, 0.29) is 6.54 Å². The highest BCUT2D eigenvalue weighted by Gasteiger charge is 2.13. The van der Waals surface area contributed by atoms with Crippen molar-refractivity contribution in [1.29, 1.82) is 0 Å². The topological polar surface area (TPSA) is 107 Å². The summed E-state index contributed by atoms with van der Waals surface area (Å²) in [5.41, 5.74) is 0. The van der Waals surface area contributed by atoms with E-state index in [1.807, 2.05) is 0 Å². The third-order valence-electron chi connectivity index (χ3n) is 1.61. The molecular weight excluding hydrogens is 268 g/mol. The zero-order valence-corrected chi connectivity index (χ0v) is 9.76. The fourth-order valence-corrected chi connectivity index (χ4v) is 1.89. The second-order valence-electron chi connectivity index (χ2n) is 2.79. The van der Waals surface area contributed by atoms with Gasteiger partial charge >= 0.3 is 5.97 Å². The molecule has 0 aromatic carbocycles. The number of aliphatic carboxylic acids is 1. The first-order chi connectivity index (χ1) is 8.16. The molecule has 0 aliphatic carbocycles. The van der Waals surface area contributed by atoms with Gasteiger partial charge in [-0.1, -0.05) is 11.6 Å². The van der Waals surface area contributed by atoms with E-state index in [1.165, 1.54) is 12.5 Å². The van der Waals surface area contributed by atoms with Gasteiger partial charge < -0.3 is 5.11 Å². The molecule has 2 aromatic rings. The van der Waals surface area contributed by atoms with Crippen LogP contribution in [0.25, 0.3) is 0 Å². The van der Waals surface area contributed by atoms with E-state index in [4.69, 9.17) is 16.7 Å². The predicted molar refractivity (Wildman–Crippen MR) is 56.6 cm³/mol. The molecule has 2 rings (SSSR count). The fourth-order valence-electron chi connectivity index (χ4n) is 0.960. The Morgan fingerprint density at radius 1 is 1.59 bits per heavy atom. The molecule has 0 saturated heterocycles. The van der Waals surface area contributed by atoms with Crippen LogP contribution in [0.5, 0.6) is 0 Å². The normalized spacial score (nSPS) is 10.4. The minimum Gasteiger partial charge on any atom is -0.480 e. The lowest BCUT2D eigenvalue weighted by Crippen LogP contribution is -2.11. The van der Waals surface area contributed by atoms with E-state index in [9.17, 15) is 4.79 Å². The van der Waals surface area contributed by atoms with Gasteiger partial charge in [0.1, 0.15) is 17.9 Å². The molecule has 2 heterocycles. The first-order valence-electron chi connectivity index (χ1n) is 4.28. The van der Waals surface area contributed by atoms with Gasteiger partial charge in [0.25, 0.3) is 0 Å². The minimum absolute atomic E-state index is 0.299. The van der Waals surface area contributed by atoms with Gasteiger partial charge in [-0.25, -0.2) is 14.6 Å². The Hall–Kier alpha value is -1.74. The van der Waals surface area contributed by atoms with Gasteiger partial charge in [0, 0.05) is 0 Å². The van der Waals surface area contributed by atoms with Crippen molar-refractivity contribution in [1.82, 2.24) is 30.2 Å². The Morgan fingerprint density at radius 3 is 3.12 bits per heavy atom. The van der Waals surface area contributed by atoms with Crippen molar-refractivity contribution < 1.29 is 9.90 Å². The SMILES string of the molecule is O=C(O)Cn1nnnc1Sc1ncncc1Cl. The van der Waals surface area contributed by atoms with Crippen LogP contribution >= 0.6 is 23.4 Å². The van der Waals surface area contributed by atoms with E-state index < -0.39 is 5.97 Å². The molecule has 0 aliphatic rings. The predicted octanol–water partition coefficient (Wildman–Crippen LogP) is 0.352. The zero-order valence-electron chi connectivity index (χ0n) is 8.19. The highest BCUT2D eigenvalue weighted by molar-refractivity contribution is 7.99. The van der Waals surface area contributed by atoms with Crippen molar-refractivity contribution in [3.05, 3.63) is 17.5 Å². The van der Waals surface area contributed by atoms with Crippen LogP contribution in [0.2, 0.25) is 5.02 Å². The molecule has 1 N–H and O–H groups in total. The van der Waals surface area contributed by atoms with E-state index in [1.54, 1.807) is 0 Å². The number of carboxylic acids is 1. The van der Waals surface area contributed by atoms with Gasteiger partial charge in [-0.2, -0.15) is 0 Å². The third-order valence-corrected chi connectivity index (χ3v) is 2.99. The van der Waals surface area contributed by atoms with Crippen LogP contribution in [0, 0.1) is 0 Å². The maximum Gasteiger partial charge on any atom is 0.325 e. The number of aromatic nitrogens is 6. The highest BCUT2D eigenvalue weighted by Crippen LogP contribution is 2.28. The quantitative estimate of drug-likeness (QED) is 0.795. The molecule has 0 saturated carbocycles. The molecular formula is C7H5ClN6O2S. The monoisotopic (exact) mass is 272 g/mol. The number of tetrazole rings is 1. The molecule has 0 spiro atoms. The summed E-state index contributed by atoms with van der Waals surface area (Å²) in [5.74, 6) is -1.03. The average Bonchev–Trinajstić information content (AvgIpc) is 2.68. The summed E-state index contributed by atoms with van der Waals surface area (Å²) in [6, 6.07) is 0. The van der Waals surface area contributed by atoms with Gasteiger partial charge in [0.05, 0.1) is 11.2 Å². The Balaban J connectivity index is 2.22. The molecule has 0 fully saturated rings. The van der Waals surface area contributed by atoms with Gasteiger partial charge in [0.2, 0.25) is 5.16 Å². The summed E-state index contributed by atoms with van der Waals surface area (Å²) in [7, 11) is 0. The van der Waals surface area contributed by atoms with Crippen LogP contribution in [0.4, 0.5) is 0 Å². The van der Waals surface area contributed by atoms with E-state index in [0.29, 0.717) is 15.2 Å². The molecule has 0 bridgehead atoms. The van der Waals surface area contributed by atoms with Crippen molar-refractivity contribution in [2.24, 2.45) is 0 Å². The maximum atomic E-state index is 10.6. The van der Waals surface area contributed by atoms with Crippen LogP contribution < -0.4 is 0 Å². The first kappa shape index (κ1) is 11.7. The van der Waals surface area contributed by atoms with Gasteiger partial charge in [-0.3, -0.25) is 4.79 Å². The number of nitrogens with zero attached hydrogens (tertiary/aromatic N) is 6. The minimum atomic E-state index is -1.03. The number of carboxylic acid groups (broad SMARTS) is 1. The molecule has 2 aromatic heterocycles. The average molecular weight is 273 g/mol. The van der Waals surface area contributed by atoms with Crippen molar-refractivity contribution in [3.63, 3.8) is 0 Å². The smallest absolute Gasteiger partial charge is 0.325 e. The Labute approximate surface area is 104 Å². The third kappa shape index (κ3) is 2.88. The lowest BCUT2D eigenvalue weighted by atomic mass is 10.7. The van der Waals surface area contributed by atoms with Crippen molar-refractivity contribution in [2.75, 3.05) is 0 Å². The lowest BCUT2D eigenvalue weighted by Gasteiger charge is -2.01. The van der Waals surface area contributed by atoms with Crippen LogP contribution in [0.3, 0.4) is 0 Å². The Kier molecular flexibility index (Phi) is 3.49. The standard InChI is InChI=1S/C7H5ClN6O2S/c8-4-1-9-3-10-6(4)17-7-11-12-13-14(7)2-5(15)16/h1,3H,2H2,(H,15,16). The van der Waals surface area contributed by atoms with Crippen molar-refractivity contribution in [3.8, 4) is 0 Å². The molecule has 88 valence electrons. The van der Waals surface area contributed by atoms with Gasteiger partial charge in [0.15, 0.2) is 0 Å². The van der Waals surface area contributed by atoms with Gasteiger partial charge in [-0.15, -0.1) is 5.10 Å². The van der Waals surface area contributed by atoms with Crippen molar-refractivity contribution in [2.45, 2.75) is 16.7 Å². The molecule has 17 heavy (non-hydrogen) atoms. The summed E-state index contributed by atoms with van der Waals surface area (Å²) < 4.78 is 1.14. The summed E-state index contributed by atoms with van der Waals surface area (Å²) in [5, 5.41) is 20.4. The van der Waals surface area contributed by atoms with Gasteiger partial charge in [-0.05, 0) is 22.2 Å². The molecule has 0 amide bonds. The first-order valence-corrected chi connectivity index (χ1v) is 5.47. The second kappa shape index (κ2) is 5.06. The van der Waals surface area contributed by atoms with Crippen LogP contribution in [-0.4, -0.2) is 41.3 Å². The summed E-state index contributed by atoms with van der Waals surface area (Å²) in [6.45, 7) is -0.321. The zero-order chi connectivity index (χ0) is 12.3. The fraction of sp³-hybridized carbons (Fsp3) is 0.143.